The molecule has 2 atom stereocenters. The highest BCUT2D eigenvalue weighted by Crippen LogP contribution is 2.34. The fourth-order valence-electron chi connectivity index (χ4n) is 3.18. The molecule has 0 radical (unpaired) electrons. The van der Waals surface area contributed by atoms with Crippen LogP contribution in [0.5, 0.6) is 0 Å². The highest BCUT2D eigenvalue weighted by Gasteiger charge is 2.51. The van der Waals surface area contributed by atoms with Gasteiger partial charge in [-0.1, -0.05) is 18.2 Å². The Morgan fingerprint density at radius 1 is 1.27 bits per heavy atom. The van der Waals surface area contributed by atoms with Crippen LogP contribution < -0.4 is 5.32 Å². The van der Waals surface area contributed by atoms with Gasteiger partial charge in [0.2, 0.25) is 11.8 Å². The number of hydrogen-bond acceptors (Lipinski definition) is 3. The van der Waals surface area contributed by atoms with E-state index in [4.69, 9.17) is 11.6 Å². The first-order valence-corrected chi connectivity index (χ1v) is 9.36. The normalized spacial score (nSPS) is 20.5. The van der Waals surface area contributed by atoms with Crippen LogP contribution in [0.15, 0.2) is 29.6 Å². The molecule has 0 bridgehead atoms. The van der Waals surface area contributed by atoms with Gasteiger partial charge in [-0.25, -0.2) is 0 Å². The summed E-state index contributed by atoms with van der Waals surface area (Å²) in [6, 6.07) is 6.39. The van der Waals surface area contributed by atoms with Crippen molar-refractivity contribution in [2.24, 2.45) is 5.92 Å². The second-order valence-electron chi connectivity index (χ2n) is 6.19. The standard InChI is InChI=1S/C17H16ClF3N2O2S/c18-6-15(24)22-13-8-23(7-12(13)17(19,20)21)16(25)5-10-9-26-14-4-2-1-3-11(10)14/h1-4,9,12-13H,5-8H2,(H,22,24)/t12-,13-/m1/s1. The van der Waals surface area contributed by atoms with Crippen molar-refractivity contribution in [3.8, 4) is 0 Å². The smallest absolute Gasteiger partial charge is 0.350 e. The number of nitrogens with one attached hydrogen (secondary N) is 1. The summed E-state index contributed by atoms with van der Waals surface area (Å²) in [7, 11) is 0. The molecule has 0 aliphatic carbocycles. The number of carbonyl (C=O) groups is 2. The number of hydrogen-bond donors (Lipinski definition) is 1. The van der Waals surface area contributed by atoms with Gasteiger partial charge in [-0.3, -0.25) is 9.59 Å². The molecular formula is C17H16ClF3N2O2S. The van der Waals surface area contributed by atoms with Gasteiger partial charge in [0.15, 0.2) is 0 Å². The average Bonchev–Trinajstić information content (AvgIpc) is 3.19. The fourth-order valence-corrected chi connectivity index (χ4v) is 4.22. The third kappa shape index (κ3) is 3.96. The van der Waals surface area contributed by atoms with E-state index < -0.39 is 36.5 Å². The maximum Gasteiger partial charge on any atom is 0.395 e. The van der Waals surface area contributed by atoms with Crippen LogP contribution in [0.2, 0.25) is 0 Å². The lowest BCUT2D eigenvalue weighted by molar-refractivity contribution is -0.176. The van der Waals surface area contributed by atoms with Crippen LogP contribution in [0, 0.1) is 5.92 Å². The topological polar surface area (TPSA) is 49.4 Å². The Kier molecular flexibility index (Phi) is 5.43. The Hall–Kier alpha value is -1.80. The zero-order chi connectivity index (χ0) is 18.9. The first-order valence-electron chi connectivity index (χ1n) is 7.94. The van der Waals surface area contributed by atoms with E-state index in [9.17, 15) is 22.8 Å². The third-order valence-corrected chi connectivity index (χ3v) is 5.72. The van der Waals surface area contributed by atoms with Crippen molar-refractivity contribution < 1.29 is 22.8 Å². The first-order chi connectivity index (χ1) is 12.3. The van der Waals surface area contributed by atoms with Gasteiger partial charge >= 0.3 is 6.18 Å². The summed E-state index contributed by atoms with van der Waals surface area (Å²) in [6.45, 7) is -0.634. The lowest BCUT2D eigenvalue weighted by Crippen LogP contribution is -2.45. The van der Waals surface area contributed by atoms with E-state index in [1.807, 2.05) is 29.6 Å². The van der Waals surface area contributed by atoms with E-state index in [1.54, 1.807) is 0 Å². The van der Waals surface area contributed by atoms with Gasteiger partial charge in [0.05, 0.1) is 18.4 Å². The van der Waals surface area contributed by atoms with Gasteiger partial charge in [0.25, 0.3) is 0 Å². The Balaban J connectivity index is 1.74. The van der Waals surface area contributed by atoms with E-state index in [1.165, 1.54) is 16.2 Å². The summed E-state index contributed by atoms with van der Waals surface area (Å²) in [6.07, 6.45) is -4.47. The number of nitrogens with zero attached hydrogens (tertiary/aromatic N) is 1. The van der Waals surface area contributed by atoms with Crippen LogP contribution >= 0.6 is 22.9 Å². The van der Waals surface area contributed by atoms with Crippen LogP contribution in [0.4, 0.5) is 13.2 Å². The monoisotopic (exact) mass is 404 g/mol. The van der Waals surface area contributed by atoms with Crippen LogP contribution in [-0.2, 0) is 16.0 Å². The number of thiophene rings is 1. The van der Waals surface area contributed by atoms with Crippen molar-refractivity contribution >= 4 is 44.8 Å². The van der Waals surface area contributed by atoms with E-state index >= 15 is 0 Å². The average molecular weight is 405 g/mol. The maximum atomic E-state index is 13.3. The molecule has 140 valence electrons. The molecule has 1 aromatic heterocycles. The molecule has 26 heavy (non-hydrogen) atoms. The number of amides is 2. The summed E-state index contributed by atoms with van der Waals surface area (Å²) in [5.41, 5.74) is 0.799. The van der Waals surface area contributed by atoms with Gasteiger partial charge in [0.1, 0.15) is 5.88 Å². The van der Waals surface area contributed by atoms with Crippen molar-refractivity contribution in [3.05, 3.63) is 35.2 Å². The van der Waals surface area contributed by atoms with Crippen molar-refractivity contribution in [1.82, 2.24) is 10.2 Å². The minimum atomic E-state index is -4.51. The van der Waals surface area contributed by atoms with Gasteiger partial charge in [-0.05, 0) is 22.4 Å². The summed E-state index contributed by atoms with van der Waals surface area (Å²) < 4.78 is 40.8. The fraction of sp³-hybridized carbons (Fsp3) is 0.412. The van der Waals surface area contributed by atoms with Crippen molar-refractivity contribution in [2.45, 2.75) is 18.6 Å². The molecule has 1 aromatic carbocycles. The maximum absolute atomic E-state index is 13.3. The molecule has 3 rings (SSSR count). The second kappa shape index (κ2) is 7.44. The highest BCUT2D eigenvalue weighted by molar-refractivity contribution is 7.17. The molecule has 1 fully saturated rings. The van der Waals surface area contributed by atoms with Crippen LogP contribution in [0.3, 0.4) is 0 Å². The second-order valence-corrected chi connectivity index (χ2v) is 7.37. The minimum absolute atomic E-state index is 0.0325. The van der Waals surface area contributed by atoms with Gasteiger partial charge in [0, 0.05) is 17.8 Å². The van der Waals surface area contributed by atoms with E-state index in [0.717, 1.165) is 15.6 Å². The summed E-state index contributed by atoms with van der Waals surface area (Å²) in [4.78, 5) is 25.1. The number of rotatable bonds is 4. The molecule has 4 nitrogen and oxygen atoms in total. The first kappa shape index (κ1) is 19.0. The highest BCUT2D eigenvalue weighted by atomic mass is 35.5. The largest absolute Gasteiger partial charge is 0.395 e. The van der Waals surface area contributed by atoms with Crippen LogP contribution in [0.1, 0.15) is 5.56 Å². The summed E-state index contributed by atoms with van der Waals surface area (Å²) in [5, 5.41) is 5.06. The van der Waals surface area contributed by atoms with E-state index in [2.05, 4.69) is 5.32 Å². The lowest BCUT2D eigenvalue weighted by Gasteiger charge is -2.21. The number of benzene rings is 1. The molecule has 0 spiro atoms. The van der Waals surface area contributed by atoms with Crippen LogP contribution in [-0.4, -0.2) is 47.9 Å². The van der Waals surface area contributed by atoms with E-state index in [0.29, 0.717) is 0 Å². The quantitative estimate of drug-likeness (QED) is 0.796. The van der Waals surface area contributed by atoms with Crippen LogP contribution in [0.25, 0.3) is 10.1 Å². The Bertz CT molecular complexity index is 824. The van der Waals surface area contributed by atoms with Gasteiger partial charge in [-0.15, -0.1) is 22.9 Å². The minimum Gasteiger partial charge on any atom is -0.350 e. The number of carbonyl (C=O) groups excluding carboxylic acids is 2. The number of fused-ring (bicyclic) bond motifs is 1. The molecule has 1 aliphatic heterocycles. The van der Waals surface area contributed by atoms with Gasteiger partial charge < -0.3 is 10.2 Å². The Morgan fingerprint density at radius 3 is 2.69 bits per heavy atom. The summed E-state index contributed by atoms with van der Waals surface area (Å²) in [5.74, 6) is -3.28. The van der Waals surface area contributed by atoms with Crippen molar-refractivity contribution in [2.75, 3.05) is 19.0 Å². The zero-order valence-corrected chi connectivity index (χ0v) is 15.1. The molecular weight excluding hydrogens is 389 g/mol. The van der Waals surface area contributed by atoms with Gasteiger partial charge in [-0.2, -0.15) is 13.2 Å². The molecule has 2 aromatic rings. The molecule has 1 saturated heterocycles. The molecule has 0 unspecified atom stereocenters. The number of likely N-dealkylation sites (tertiary alicyclic amines) is 1. The molecule has 9 heteroatoms. The third-order valence-electron chi connectivity index (χ3n) is 4.46. The SMILES string of the molecule is O=C(CCl)N[C@@H]1CN(C(=O)Cc2csc3ccccc23)C[C@H]1C(F)(F)F. The van der Waals surface area contributed by atoms with Crippen molar-refractivity contribution in [3.63, 3.8) is 0 Å². The molecule has 1 N–H and O–H groups in total. The lowest BCUT2D eigenvalue weighted by atomic mass is 10.0. The Labute approximate surface area is 156 Å². The zero-order valence-electron chi connectivity index (χ0n) is 13.6. The van der Waals surface area contributed by atoms with Crippen molar-refractivity contribution in [1.29, 1.82) is 0 Å². The molecule has 2 amide bonds. The molecule has 1 aliphatic rings. The Morgan fingerprint density at radius 2 is 2.00 bits per heavy atom. The number of halogens is 4. The number of alkyl halides is 4. The predicted octanol–water partition coefficient (Wildman–Crippen LogP) is 3.19. The summed E-state index contributed by atoms with van der Waals surface area (Å²) >= 11 is 6.86. The van der Waals surface area contributed by atoms with E-state index in [-0.39, 0.29) is 18.9 Å². The predicted molar refractivity (Wildman–Crippen MR) is 94.3 cm³/mol. The molecule has 0 saturated carbocycles. The molecule has 2 heterocycles.